The number of nitrogens with zero attached hydrogens (tertiary/aromatic N) is 3. The number of hydrogen-bond donors (Lipinski definition) is 3. The maximum Gasteiger partial charge on any atom is 0.180 e. The van der Waals surface area contributed by atoms with Crippen molar-refractivity contribution in [1.82, 2.24) is 14.4 Å². The zero-order chi connectivity index (χ0) is 12.8. The van der Waals surface area contributed by atoms with Crippen LogP contribution in [0, 0.1) is 0 Å². The minimum atomic E-state index is 0.591. The molecule has 0 bridgehead atoms. The van der Waals surface area contributed by atoms with Crippen molar-refractivity contribution in [2.24, 2.45) is 5.84 Å². The van der Waals surface area contributed by atoms with Crippen molar-refractivity contribution in [3.05, 3.63) is 18.6 Å². The second-order valence-corrected chi connectivity index (χ2v) is 3.75. The average Bonchev–Trinajstić information content (AvgIpc) is 2.86. The topological polar surface area (TPSA) is 89.5 Å². The molecule has 7 nitrogen and oxygen atoms in total. The summed E-state index contributed by atoms with van der Waals surface area (Å²) in [7, 11) is 0. The number of imidazole rings is 1. The molecule has 4 N–H and O–H groups in total. The van der Waals surface area contributed by atoms with Gasteiger partial charge in [-0.1, -0.05) is 0 Å². The maximum absolute atomic E-state index is 5.38. The summed E-state index contributed by atoms with van der Waals surface area (Å²) in [5, 5.41) is 3.24. The van der Waals surface area contributed by atoms with Crippen LogP contribution in [-0.2, 0) is 4.74 Å². The SMILES string of the molecule is CCOCCCNc1nc(NN)cn2ccnc12. The lowest BCUT2D eigenvalue weighted by atomic mass is 10.4. The van der Waals surface area contributed by atoms with Gasteiger partial charge in [0.05, 0.1) is 6.20 Å². The Hall–Kier alpha value is -1.86. The number of anilines is 2. The van der Waals surface area contributed by atoms with E-state index in [2.05, 4.69) is 20.7 Å². The molecule has 0 spiro atoms. The summed E-state index contributed by atoms with van der Waals surface area (Å²) in [6.07, 6.45) is 6.28. The molecule has 7 heteroatoms. The van der Waals surface area contributed by atoms with Gasteiger partial charge in [0.1, 0.15) is 0 Å². The summed E-state index contributed by atoms with van der Waals surface area (Å²) in [6, 6.07) is 0. The first kappa shape index (κ1) is 12.6. The minimum Gasteiger partial charge on any atom is -0.382 e. The molecule has 0 aromatic carbocycles. The highest BCUT2D eigenvalue weighted by Gasteiger charge is 2.06. The lowest BCUT2D eigenvalue weighted by Crippen LogP contribution is -2.13. The molecule has 0 saturated heterocycles. The Morgan fingerprint density at radius 1 is 1.50 bits per heavy atom. The van der Waals surface area contributed by atoms with Crippen LogP contribution >= 0.6 is 0 Å². The van der Waals surface area contributed by atoms with E-state index < -0.39 is 0 Å². The number of nitrogens with two attached hydrogens (primary N) is 1. The minimum absolute atomic E-state index is 0.591. The highest BCUT2D eigenvalue weighted by molar-refractivity contribution is 5.65. The molecule has 0 radical (unpaired) electrons. The molecule has 2 heterocycles. The monoisotopic (exact) mass is 250 g/mol. The van der Waals surface area contributed by atoms with Crippen molar-refractivity contribution in [1.29, 1.82) is 0 Å². The van der Waals surface area contributed by atoms with Crippen LogP contribution in [0.3, 0.4) is 0 Å². The van der Waals surface area contributed by atoms with E-state index in [0.717, 1.165) is 31.8 Å². The first-order chi connectivity index (χ1) is 8.85. The Bertz CT molecular complexity index is 497. The summed E-state index contributed by atoms with van der Waals surface area (Å²) in [4.78, 5) is 8.59. The smallest absolute Gasteiger partial charge is 0.180 e. The van der Waals surface area contributed by atoms with Gasteiger partial charge in [-0.15, -0.1) is 0 Å². The predicted octanol–water partition coefficient (Wildman–Crippen LogP) is 0.853. The summed E-state index contributed by atoms with van der Waals surface area (Å²) in [6.45, 7) is 4.25. The quantitative estimate of drug-likeness (QED) is 0.383. The van der Waals surface area contributed by atoms with Gasteiger partial charge in [-0.05, 0) is 13.3 Å². The molecule has 18 heavy (non-hydrogen) atoms. The average molecular weight is 250 g/mol. The van der Waals surface area contributed by atoms with E-state index >= 15 is 0 Å². The van der Waals surface area contributed by atoms with Gasteiger partial charge in [0.2, 0.25) is 0 Å². The Morgan fingerprint density at radius 3 is 3.17 bits per heavy atom. The van der Waals surface area contributed by atoms with Crippen LogP contribution in [0.4, 0.5) is 11.6 Å². The molecule has 2 aromatic heterocycles. The molecule has 2 aromatic rings. The molecule has 0 saturated carbocycles. The molecule has 0 aliphatic heterocycles. The number of ether oxygens (including phenoxy) is 1. The van der Waals surface area contributed by atoms with Crippen molar-refractivity contribution in [2.75, 3.05) is 30.5 Å². The van der Waals surface area contributed by atoms with E-state index in [4.69, 9.17) is 10.6 Å². The van der Waals surface area contributed by atoms with Crippen LogP contribution in [0.25, 0.3) is 5.65 Å². The lowest BCUT2D eigenvalue weighted by molar-refractivity contribution is 0.147. The Morgan fingerprint density at radius 2 is 2.39 bits per heavy atom. The maximum atomic E-state index is 5.38. The van der Waals surface area contributed by atoms with Gasteiger partial charge in [-0.2, -0.15) is 0 Å². The highest BCUT2D eigenvalue weighted by atomic mass is 16.5. The van der Waals surface area contributed by atoms with Crippen LogP contribution in [-0.4, -0.2) is 34.1 Å². The first-order valence-electron chi connectivity index (χ1n) is 5.97. The van der Waals surface area contributed by atoms with E-state index in [1.54, 1.807) is 12.4 Å². The number of rotatable bonds is 7. The van der Waals surface area contributed by atoms with Gasteiger partial charge in [0, 0.05) is 32.2 Å². The van der Waals surface area contributed by atoms with Crippen LogP contribution in [0.2, 0.25) is 0 Å². The largest absolute Gasteiger partial charge is 0.382 e. The van der Waals surface area contributed by atoms with E-state index in [-0.39, 0.29) is 0 Å². The van der Waals surface area contributed by atoms with Crippen molar-refractivity contribution in [2.45, 2.75) is 13.3 Å². The van der Waals surface area contributed by atoms with Gasteiger partial charge in [-0.3, -0.25) is 0 Å². The zero-order valence-corrected chi connectivity index (χ0v) is 10.4. The third-order valence-corrected chi connectivity index (χ3v) is 2.48. The molecule has 2 rings (SSSR count). The molecule has 98 valence electrons. The molecular weight excluding hydrogens is 232 g/mol. The number of aromatic nitrogens is 3. The highest BCUT2D eigenvalue weighted by Crippen LogP contribution is 2.15. The van der Waals surface area contributed by atoms with Crippen molar-refractivity contribution in [3.8, 4) is 0 Å². The third-order valence-electron chi connectivity index (χ3n) is 2.48. The predicted molar refractivity (Wildman–Crippen MR) is 70.4 cm³/mol. The Balaban J connectivity index is 2.04. The standard InChI is InChI=1S/C11H18N6O/c1-2-18-7-3-4-13-10-11-14-5-6-17(11)8-9(15-10)16-12/h5-6,8,16H,2-4,7,12H2,1H3,(H,13,15). The number of nitrogen functional groups attached to an aromatic ring is 1. The third kappa shape index (κ3) is 2.88. The lowest BCUT2D eigenvalue weighted by Gasteiger charge is -2.09. The molecule has 0 aliphatic carbocycles. The molecule has 0 aliphatic rings. The Kier molecular flexibility index (Phi) is 4.32. The zero-order valence-electron chi connectivity index (χ0n) is 10.4. The number of nitrogens with one attached hydrogen (secondary N) is 2. The number of hydrazine groups is 1. The van der Waals surface area contributed by atoms with Crippen molar-refractivity contribution >= 4 is 17.3 Å². The molecular formula is C11H18N6O. The molecule has 0 amide bonds. The first-order valence-corrected chi connectivity index (χ1v) is 5.97. The number of hydrogen-bond acceptors (Lipinski definition) is 6. The van der Waals surface area contributed by atoms with E-state index in [9.17, 15) is 0 Å². The van der Waals surface area contributed by atoms with E-state index in [1.807, 2.05) is 17.5 Å². The van der Waals surface area contributed by atoms with Crippen molar-refractivity contribution < 1.29 is 4.74 Å². The second kappa shape index (κ2) is 6.18. The van der Waals surface area contributed by atoms with Gasteiger partial charge in [0.25, 0.3) is 0 Å². The number of fused-ring (bicyclic) bond motifs is 1. The normalized spacial score (nSPS) is 10.8. The summed E-state index contributed by atoms with van der Waals surface area (Å²) in [5.41, 5.74) is 3.32. The fourth-order valence-electron chi connectivity index (χ4n) is 1.65. The molecule has 0 atom stereocenters. The fraction of sp³-hybridized carbons (Fsp3) is 0.455. The van der Waals surface area contributed by atoms with E-state index in [0.29, 0.717) is 11.6 Å². The van der Waals surface area contributed by atoms with Crippen LogP contribution in [0.15, 0.2) is 18.6 Å². The van der Waals surface area contributed by atoms with Gasteiger partial charge in [-0.25, -0.2) is 15.8 Å². The molecule has 0 fully saturated rings. The fourth-order valence-corrected chi connectivity index (χ4v) is 1.65. The van der Waals surface area contributed by atoms with Crippen LogP contribution < -0.4 is 16.6 Å². The van der Waals surface area contributed by atoms with Crippen molar-refractivity contribution in [3.63, 3.8) is 0 Å². The summed E-state index contributed by atoms with van der Waals surface area (Å²) in [5.74, 6) is 6.68. The van der Waals surface area contributed by atoms with Gasteiger partial charge in [0.15, 0.2) is 17.3 Å². The van der Waals surface area contributed by atoms with Gasteiger partial charge < -0.3 is 19.9 Å². The second-order valence-electron chi connectivity index (χ2n) is 3.75. The summed E-state index contributed by atoms with van der Waals surface area (Å²) >= 11 is 0. The van der Waals surface area contributed by atoms with Crippen LogP contribution in [0.5, 0.6) is 0 Å². The van der Waals surface area contributed by atoms with E-state index in [1.165, 1.54) is 0 Å². The Labute approximate surface area is 105 Å². The molecule has 0 unspecified atom stereocenters. The van der Waals surface area contributed by atoms with Crippen LogP contribution in [0.1, 0.15) is 13.3 Å². The summed E-state index contributed by atoms with van der Waals surface area (Å²) < 4.78 is 7.14. The van der Waals surface area contributed by atoms with Gasteiger partial charge >= 0.3 is 0 Å².